The molecule has 18 heavy (non-hydrogen) atoms. The molecule has 2 rings (SSSR count). The minimum atomic E-state index is -0.845. The molecule has 0 aliphatic heterocycles. The van der Waals surface area contributed by atoms with E-state index >= 15 is 0 Å². The van der Waals surface area contributed by atoms with Gasteiger partial charge in [0.25, 0.3) is 0 Å². The number of carbonyl (C=O) groups is 1. The van der Waals surface area contributed by atoms with Crippen molar-refractivity contribution in [2.45, 2.75) is 6.92 Å². The molecule has 0 unspecified atom stereocenters. The summed E-state index contributed by atoms with van der Waals surface area (Å²) in [7, 11) is 0. The summed E-state index contributed by atoms with van der Waals surface area (Å²) >= 11 is 0. The van der Waals surface area contributed by atoms with E-state index in [1.54, 1.807) is 4.90 Å². The van der Waals surface area contributed by atoms with Crippen molar-refractivity contribution in [3.05, 3.63) is 60.2 Å². The Kier molecular flexibility index (Phi) is 3.63. The van der Waals surface area contributed by atoms with Gasteiger partial charge in [0.15, 0.2) is 0 Å². The Labute approximate surface area is 106 Å². The molecule has 3 heteroatoms. The third kappa shape index (κ3) is 2.69. The Bertz CT molecular complexity index is 537. The zero-order chi connectivity index (χ0) is 13.0. The monoisotopic (exact) mass is 241 g/mol. The predicted molar refractivity (Wildman–Crippen MR) is 72.3 cm³/mol. The molecule has 0 heterocycles. The second-order valence-corrected chi connectivity index (χ2v) is 4.10. The lowest BCUT2D eigenvalue weighted by Gasteiger charge is -2.24. The maximum absolute atomic E-state index is 11.0. The molecule has 0 fully saturated rings. The Morgan fingerprint density at radius 2 is 1.67 bits per heavy atom. The van der Waals surface area contributed by atoms with Crippen LogP contribution >= 0.6 is 0 Å². The average molecular weight is 241 g/mol. The quantitative estimate of drug-likeness (QED) is 0.893. The number of rotatable bonds is 4. The summed E-state index contributed by atoms with van der Waals surface area (Å²) in [5.41, 5.74) is 2.86. The summed E-state index contributed by atoms with van der Waals surface area (Å²) in [6, 6.07) is 17.3. The van der Waals surface area contributed by atoms with E-state index < -0.39 is 5.97 Å². The first-order valence-corrected chi connectivity index (χ1v) is 5.78. The first-order chi connectivity index (χ1) is 8.68. The Hall–Kier alpha value is -2.29. The average Bonchev–Trinajstić information content (AvgIpc) is 2.38. The van der Waals surface area contributed by atoms with Crippen LogP contribution in [0.2, 0.25) is 0 Å². The first kappa shape index (κ1) is 12.2. The number of carboxylic acid groups (broad SMARTS) is 1. The highest BCUT2D eigenvalue weighted by molar-refractivity contribution is 5.79. The van der Waals surface area contributed by atoms with Gasteiger partial charge in [-0.3, -0.25) is 4.79 Å². The van der Waals surface area contributed by atoms with E-state index in [-0.39, 0.29) is 6.54 Å². The highest BCUT2D eigenvalue weighted by atomic mass is 16.4. The third-order valence-electron chi connectivity index (χ3n) is 2.77. The summed E-state index contributed by atoms with van der Waals surface area (Å²) in [6.07, 6.45) is 0. The maximum atomic E-state index is 11.0. The Morgan fingerprint density at radius 3 is 2.28 bits per heavy atom. The Balaban J connectivity index is 2.44. The molecular formula is C15H15NO2. The van der Waals surface area contributed by atoms with Crippen LogP contribution in [0.1, 0.15) is 5.56 Å². The van der Waals surface area contributed by atoms with Crippen molar-refractivity contribution >= 4 is 17.3 Å². The van der Waals surface area contributed by atoms with Crippen LogP contribution in [-0.4, -0.2) is 17.6 Å². The van der Waals surface area contributed by atoms with E-state index in [0.29, 0.717) is 0 Å². The molecule has 0 amide bonds. The molecule has 0 aliphatic carbocycles. The van der Waals surface area contributed by atoms with E-state index in [4.69, 9.17) is 5.11 Å². The summed E-state index contributed by atoms with van der Waals surface area (Å²) < 4.78 is 0. The second kappa shape index (κ2) is 5.36. The standard InChI is InChI=1S/C15H15NO2/c1-12-7-5-6-10-14(12)16(11-15(17)18)13-8-3-2-4-9-13/h2-10H,11H2,1H3,(H,17,18). The molecule has 0 saturated heterocycles. The van der Waals surface area contributed by atoms with Crippen LogP contribution in [0.3, 0.4) is 0 Å². The summed E-state index contributed by atoms with van der Waals surface area (Å²) in [6.45, 7) is 1.93. The Morgan fingerprint density at radius 1 is 1.06 bits per heavy atom. The molecule has 92 valence electrons. The van der Waals surface area contributed by atoms with Crippen LogP contribution in [0.4, 0.5) is 11.4 Å². The van der Waals surface area contributed by atoms with Crippen molar-refractivity contribution in [1.29, 1.82) is 0 Å². The number of aryl methyl sites for hydroxylation is 1. The zero-order valence-electron chi connectivity index (χ0n) is 10.2. The topological polar surface area (TPSA) is 40.5 Å². The van der Waals surface area contributed by atoms with Crippen molar-refractivity contribution in [2.75, 3.05) is 11.4 Å². The van der Waals surface area contributed by atoms with E-state index in [2.05, 4.69) is 0 Å². The van der Waals surface area contributed by atoms with Gasteiger partial charge in [-0.1, -0.05) is 36.4 Å². The van der Waals surface area contributed by atoms with Gasteiger partial charge in [0, 0.05) is 11.4 Å². The van der Waals surface area contributed by atoms with Gasteiger partial charge in [0.2, 0.25) is 0 Å². The van der Waals surface area contributed by atoms with Gasteiger partial charge in [0.1, 0.15) is 6.54 Å². The summed E-state index contributed by atoms with van der Waals surface area (Å²) in [4.78, 5) is 12.8. The number of carboxylic acids is 1. The van der Waals surface area contributed by atoms with Crippen LogP contribution in [0.15, 0.2) is 54.6 Å². The number of hydrogen-bond acceptors (Lipinski definition) is 2. The van der Waals surface area contributed by atoms with Gasteiger partial charge in [-0.2, -0.15) is 0 Å². The normalized spacial score (nSPS) is 10.1. The van der Waals surface area contributed by atoms with Crippen molar-refractivity contribution in [3.8, 4) is 0 Å². The molecule has 0 saturated carbocycles. The van der Waals surface area contributed by atoms with Crippen LogP contribution in [0.25, 0.3) is 0 Å². The molecule has 3 nitrogen and oxygen atoms in total. The summed E-state index contributed by atoms with van der Waals surface area (Å²) in [5, 5.41) is 9.06. The van der Waals surface area contributed by atoms with Gasteiger partial charge < -0.3 is 10.0 Å². The molecule has 0 aliphatic rings. The van der Waals surface area contributed by atoms with Gasteiger partial charge >= 0.3 is 5.97 Å². The van der Waals surface area contributed by atoms with E-state index in [0.717, 1.165) is 16.9 Å². The number of benzene rings is 2. The largest absolute Gasteiger partial charge is 0.480 e. The molecular weight excluding hydrogens is 226 g/mol. The number of para-hydroxylation sites is 2. The fourth-order valence-corrected chi connectivity index (χ4v) is 1.93. The number of aliphatic carboxylic acids is 1. The molecule has 1 N–H and O–H groups in total. The minimum absolute atomic E-state index is 0.0468. The van der Waals surface area contributed by atoms with Crippen molar-refractivity contribution < 1.29 is 9.90 Å². The lowest BCUT2D eigenvalue weighted by Crippen LogP contribution is -2.25. The fourth-order valence-electron chi connectivity index (χ4n) is 1.93. The molecule has 0 atom stereocenters. The van der Waals surface area contributed by atoms with Crippen LogP contribution in [-0.2, 0) is 4.79 Å². The smallest absolute Gasteiger partial charge is 0.323 e. The van der Waals surface area contributed by atoms with Gasteiger partial charge in [-0.15, -0.1) is 0 Å². The van der Waals surface area contributed by atoms with Crippen molar-refractivity contribution in [2.24, 2.45) is 0 Å². The molecule has 2 aromatic rings. The second-order valence-electron chi connectivity index (χ2n) is 4.10. The number of anilines is 2. The van der Waals surface area contributed by atoms with Gasteiger partial charge in [-0.25, -0.2) is 0 Å². The summed E-state index contributed by atoms with van der Waals surface area (Å²) in [5.74, 6) is -0.845. The molecule has 0 aromatic heterocycles. The molecule has 2 aromatic carbocycles. The van der Waals surface area contributed by atoms with Crippen molar-refractivity contribution in [3.63, 3.8) is 0 Å². The lowest BCUT2D eigenvalue weighted by molar-refractivity contribution is -0.135. The van der Waals surface area contributed by atoms with Gasteiger partial charge in [0.05, 0.1) is 0 Å². The SMILES string of the molecule is Cc1ccccc1N(CC(=O)O)c1ccccc1. The van der Waals surface area contributed by atoms with Gasteiger partial charge in [-0.05, 0) is 30.7 Å². The number of hydrogen-bond donors (Lipinski definition) is 1. The molecule has 0 spiro atoms. The predicted octanol–water partition coefficient (Wildman–Crippen LogP) is 3.22. The fraction of sp³-hybridized carbons (Fsp3) is 0.133. The maximum Gasteiger partial charge on any atom is 0.323 e. The van der Waals surface area contributed by atoms with Crippen molar-refractivity contribution in [1.82, 2.24) is 0 Å². The highest BCUT2D eigenvalue weighted by Gasteiger charge is 2.14. The van der Waals surface area contributed by atoms with Crippen LogP contribution in [0.5, 0.6) is 0 Å². The van der Waals surface area contributed by atoms with Crippen LogP contribution < -0.4 is 4.90 Å². The van der Waals surface area contributed by atoms with E-state index in [9.17, 15) is 4.79 Å². The highest BCUT2D eigenvalue weighted by Crippen LogP contribution is 2.27. The lowest BCUT2D eigenvalue weighted by atomic mass is 10.1. The zero-order valence-corrected chi connectivity index (χ0v) is 10.2. The van der Waals surface area contributed by atoms with E-state index in [1.807, 2.05) is 61.5 Å². The first-order valence-electron chi connectivity index (χ1n) is 5.78. The third-order valence-corrected chi connectivity index (χ3v) is 2.77. The number of nitrogens with zero attached hydrogens (tertiary/aromatic N) is 1. The van der Waals surface area contributed by atoms with Crippen LogP contribution in [0, 0.1) is 6.92 Å². The minimum Gasteiger partial charge on any atom is -0.480 e. The van der Waals surface area contributed by atoms with E-state index in [1.165, 1.54) is 0 Å². The molecule has 0 bridgehead atoms. The molecule has 0 radical (unpaired) electrons.